The van der Waals surface area contributed by atoms with Gasteiger partial charge in [-0.3, -0.25) is 0 Å². The van der Waals surface area contributed by atoms with Gasteiger partial charge in [0.15, 0.2) is 0 Å². The van der Waals surface area contributed by atoms with E-state index >= 15 is 0 Å². The van der Waals surface area contributed by atoms with E-state index in [2.05, 4.69) is 20.9 Å². The Hall–Kier alpha value is -0.570. The lowest BCUT2D eigenvalue weighted by molar-refractivity contribution is 0.262. The minimum absolute atomic E-state index is 0.733. The molecule has 0 N–H and O–H groups in total. The third-order valence-corrected chi connectivity index (χ3v) is 3.90. The van der Waals surface area contributed by atoms with Gasteiger partial charge in [-0.1, -0.05) is 32.1 Å². The zero-order chi connectivity index (χ0) is 11.9. The molecule has 0 unspecified atom stereocenters. The number of pyridine rings is 1. The number of ether oxygens (including phenoxy) is 1. The van der Waals surface area contributed by atoms with Crippen LogP contribution in [0, 0.1) is 5.92 Å². The van der Waals surface area contributed by atoms with E-state index in [9.17, 15) is 0 Å². The van der Waals surface area contributed by atoms with Gasteiger partial charge >= 0.3 is 0 Å². The molecule has 0 saturated heterocycles. The summed E-state index contributed by atoms with van der Waals surface area (Å²) < 4.78 is 6.61. The minimum atomic E-state index is 0.733. The lowest BCUT2D eigenvalue weighted by Gasteiger charge is -2.21. The van der Waals surface area contributed by atoms with Crippen LogP contribution in [-0.2, 0) is 0 Å². The molecule has 1 aromatic heterocycles. The second-order valence-electron chi connectivity index (χ2n) is 4.81. The Balaban J connectivity index is 1.60. The topological polar surface area (TPSA) is 22.1 Å². The molecule has 2 nitrogen and oxygen atoms in total. The molecule has 3 heteroatoms. The van der Waals surface area contributed by atoms with E-state index in [1.54, 1.807) is 6.20 Å². The Labute approximate surface area is 112 Å². The summed E-state index contributed by atoms with van der Waals surface area (Å²) >= 11 is 3.36. The van der Waals surface area contributed by atoms with Crippen LogP contribution < -0.4 is 4.74 Å². The van der Waals surface area contributed by atoms with Crippen LogP contribution in [0.3, 0.4) is 0 Å². The van der Waals surface area contributed by atoms with Crippen molar-refractivity contribution in [3.63, 3.8) is 0 Å². The maximum Gasteiger partial charge on any atom is 0.213 e. The Morgan fingerprint density at radius 1 is 1.24 bits per heavy atom. The van der Waals surface area contributed by atoms with E-state index in [-0.39, 0.29) is 0 Å². The summed E-state index contributed by atoms with van der Waals surface area (Å²) in [5, 5.41) is 0. The molecule has 17 heavy (non-hydrogen) atoms. The van der Waals surface area contributed by atoms with Crippen molar-refractivity contribution < 1.29 is 4.74 Å². The van der Waals surface area contributed by atoms with Gasteiger partial charge in [-0.25, -0.2) is 4.98 Å². The molecule has 2 rings (SSSR count). The first-order valence-electron chi connectivity index (χ1n) is 6.59. The molecule has 1 fully saturated rings. The van der Waals surface area contributed by atoms with E-state index in [1.165, 1.54) is 38.5 Å². The predicted octanol–water partition coefficient (Wildman–Crippen LogP) is 4.58. The van der Waals surface area contributed by atoms with E-state index in [0.717, 1.165) is 29.3 Å². The average Bonchev–Trinajstić information content (AvgIpc) is 2.38. The lowest BCUT2D eigenvalue weighted by atomic mass is 9.86. The van der Waals surface area contributed by atoms with Crippen molar-refractivity contribution in [2.75, 3.05) is 6.61 Å². The van der Waals surface area contributed by atoms with Crippen LogP contribution in [0.4, 0.5) is 0 Å². The number of aromatic nitrogens is 1. The van der Waals surface area contributed by atoms with Crippen molar-refractivity contribution in [1.82, 2.24) is 4.98 Å². The van der Waals surface area contributed by atoms with Gasteiger partial charge in [-0.15, -0.1) is 0 Å². The summed E-state index contributed by atoms with van der Waals surface area (Å²) in [6.45, 7) is 0.797. The molecule has 0 aliphatic heterocycles. The van der Waals surface area contributed by atoms with Crippen LogP contribution in [-0.4, -0.2) is 11.6 Å². The molecule has 1 saturated carbocycles. The van der Waals surface area contributed by atoms with Gasteiger partial charge in [-0.05, 0) is 40.8 Å². The van der Waals surface area contributed by atoms with Gasteiger partial charge in [0.05, 0.1) is 6.61 Å². The first-order chi connectivity index (χ1) is 8.34. The number of halogens is 1. The van der Waals surface area contributed by atoms with Crippen molar-refractivity contribution >= 4 is 15.9 Å². The van der Waals surface area contributed by atoms with E-state index in [4.69, 9.17) is 4.74 Å². The standard InChI is InChI=1S/C14H20BrNO/c15-13-8-9-14(16-11-13)17-10-4-7-12-5-2-1-3-6-12/h8-9,11-12H,1-7,10H2. The summed E-state index contributed by atoms with van der Waals surface area (Å²) in [6, 6.07) is 3.87. The molecule has 0 amide bonds. The van der Waals surface area contributed by atoms with Gasteiger partial charge in [0.25, 0.3) is 0 Å². The van der Waals surface area contributed by atoms with Crippen molar-refractivity contribution in [3.8, 4) is 5.88 Å². The number of hydrogen-bond donors (Lipinski definition) is 0. The molecule has 0 aromatic carbocycles. The lowest BCUT2D eigenvalue weighted by Crippen LogP contribution is -2.08. The van der Waals surface area contributed by atoms with Gasteiger partial charge in [-0.2, -0.15) is 0 Å². The fraction of sp³-hybridized carbons (Fsp3) is 0.643. The number of rotatable bonds is 5. The quantitative estimate of drug-likeness (QED) is 0.742. The minimum Gasteiger partial charge on any atom is -0.478 e. The third-order valence-electron chi connectivity index (χ3n) is 3.43. The average molecular weight is 298 g/mol. The molecule has 1 aliphatic rings. The van der Waals surface area contributed by atoms with E-state index < -0.39 is 0 Å². The Kier molecular flexibility index (Phi) is 5.30. The normalized spacial score (nSPS) is 17.0. The highest BCUT2D eigenvalue weighted by atomic mass is 79.9. The van der Waals surface area contributed by atoms with Gasteiger partial charge in [0.2, 0.25) is 5.88 Å². The Bertz CT molecular complexity index is 319. The van der Waals surface area contributed by atoms with Gasteiger partial charge in [0.1, 0.15) is 0 Å². The summed E-state index contributed by atoms with van der Waals surface area (Å²) in [5.41, 5.74) is 0. The molecular weight excluding hydrogens is 278 g/mol. The van der Waals surface area contributed by atoms with Gasteiger partial charge < -0.3 is 4.74 Å². The van der Waals surface area contributed by atoms with Crippen LogP contribution >= 0.6 is 15.9 Å². The Morgan fingerprint density at radius 3 is 2.76 bits per heavy atom. The molecule has 1 aliphatic carbocycles. The van der Waals surface area contributed by atoms with Crippen molar-refractivity contribution in [2.24, 2.45) is 5.92 Å². The maximum absolute atomic E-state index is 5.62. The molecule has 0 atom stereocenters. The first kappa shape index (κ1) is 12.9. The molecule has 0 radical (unpaired) electrons. The summed E-state index contributed by atoms with van der Waals surface area (Å²) in [6.07, 6.45) is 11.4. The van der Waals surface area contributed by atoms with Crippen molar-refractivity contribution in [2.45, 2.75) is 44.9 Å². The zero-order valence-electron chi connectivity index (χ0n) is 10.2. The van der Waals surface area contributed by atoms with E-state index in [0.29, 0.717) is 0 Å². The second-order valence-corrected chi connectivity index (χ2v) is 5.73. The third kappa shape index (κ3) is 4.66. The SMILES string of the molecule is Brc1ccc(OCCCC2CCCCC2)nc1. The highest BCUT2D eigenvalue weighted by Crippen LogP contribution is 2.27. The highest BCUT2D eigenvalue weighted by molar-refractivity contribution is 9.10. The maximum atomic E-state index is 5.62. The molecule has 0 spiro atoms. The molecule has 0 bridgehead atoms. The number of hydrogen-bond acceptors (Lipinski definition) is 2. The zero-order valence-corrected chi connectivity index (χ0v) is 11.8. The predicted molar refractivity (Wildman–Crippen MR) is 73.2 cm³/mol. The van der Waals surface area contributed by atoms with Crippen LogP contribution in [0.25, 0.3) is 0 Å². The van der Waals surface area contributed by atoms with Crippen LogP contribution in [0.1, 0.15) is 44.9 Å². The van der Waals surface area contributed by atoms with Crippen LogP contribution in [0.2, 0.25) is 0 Å². The summed E-state index contributed by atoms with van der Waals surface area (Å²) in [4.78, 5) is 4.19. The fourth-order valence-electron chi connectivity index (χ4n) is 2.47. The van der Waals surface area contributed by atoms with Crippen LogP contribution in [0.5, 0.6) is 5.88 Å². The molecule has 94 valence electrons. The molecule has 1 aromatic rings. The van der Waals surface area contributed by atoms with Gasteiger partial charge in [0, 0.05) is 16.7 Å². The highest BCUT2D eigenvalue weighted by Gasteiger charge is 2.12. The first-order valence-corrected chi connectivity index (χ1v) is 7.38. The largest absolute Gasteiger partial charge is 0.478 e. The number of nitrogens with zero attached hydrogens (tertiary/aromatic N) is 1. The van der Waals surface area contributed by atoms with Crippen LogP contribution in [0.15, 0.2) is 22.8 Å². The fourth-order valence-corrected chi connectivity index (χ4v) is 2.71. The molecule has 1 heterocycles. The summed E-state index contributed by atoms with van der Waals surface area (Å²) in [5.74, 6) is 1.68. The smallest absolute Gasteiger partial charge is 0.213 e. The van der Waals surface area contributed by atoms with Crippen molar-refractivity contribution in [1.29, 1.82) is 0 Å². The van der Waals surface area contributed by atoms with Crippen molar-refractivity contribution in [3.05, 3.63) is 22.8 Å². The van der Waals surface area contributed by atoms with E-state index in [1.807, 2.05) is 12.1 Å². The Morgan fingerprint density at radius 2 is 2.06 bits per heavy atom. The molecular formula is C14H20BrNO. The monoisotopic (exact) mass is 297 g/mol. The summed E-state index contributed by atoms with van der Waals surface area (Å²) in [7, 11) is 0. The second kappa shape index (κ2) is 7.00.